The normalized spacial score (nSPS) is 14.4. The van der Waals surface area contributed by atoms with E-state index in [1.807, 2.05) is 17.5 Å². The lowest BCUT2D eigenvalue weighted by molar-refractivity contribution is -0.121. The largest absolute Gasteiger partial charge is 0.347 e. The number of nitrogens with zero attached hydrogens (tertiary/aromatic N) is 1. The molecule has 1 amide bonds. The molecular weight excluding hydrogens is 418 g/mol. The Kier molecular flexibility index (Phi) is 8.21. The molecule has 160 valence electrons. The number of aryl methyl sites for hydroxylation is 1. The third-order valence-electron chi connectivity index (χ3n) is 4.89. The topological polar surface area (TPSA) is 88.2 Å². The number of benzene rings is 1. The number of thiazole rings is 1. The SMILES string of the molecule is CCc1csc([C@H](Cc2ccc(N[SH](=O)=O)cc2)NC(=O)CCC2=CCCC=C2)n1. The van der Waals surface area contributed by atoms with Crippen molar-refractivity contribution in [3.8, 4) is 0 Å². The van der Waals surface area contributed by atoms with Crippen molar-refractivity contribution >= 4 is 33.8 Å². The fourth-order valence-electron chi connectivity index (χ4n) is 3.28. The quantitative estimate of drug-likeness (QED) is 0.481. The molecule has 3 rings (SSSR count). The predicted molar refractivity (Wildman–Crippen MR) is 122 cm³/mol. The zero-order valence-corrected chi connectivity index (χ0v) is 18.7. The third kappa shape index (κ3) is 6.81. The van der Waals surface area contributed by atoms with E-state index in [-0.39, 0.29) is 11.9 Å². The molecule has 1 aromatic heterocycles. The second kappa shape index (κ2) is 11.1. The number of aromatic nitrogens is 1. The number of nitrogens with one attached hydrogen (secondary N) is 2. The van der Waals surface area contributed by atoms with Crippen LogP contribution in [0, 0.1) is 0 Å². The molecule has 1 heterocycles. The summed E-state index contributed by atoms with van der Waals surface area (Å²) in [7, 11) is -2.68. The van der Waals surface area contributed by atoms with Crippen molar-refractivity contribution in [2.24, 2.45) is 0 Å². The van der Waals surface area contributed by atoms with Gasteiger partial charge < -0.3 is 5.32 Å². The maximum Gasteiger partial charge on any atom is 0.222 e. The molecule has 1 aliphatic carbocycles. The van der Waals surface area contributed by atoms with Gasteiger partial charge in [0.2, 0.25) is 16.8 Å². The van der Waals surface area contributed by atoms with E-state index in [0.29, 0.717) is 18.5 Å². The Bertz CT molecular complexity index is 983. The summed E-state index contributed by atoms with van der Waals surface area (Å²) in [5, 5.41) is 6.07. The minimum absolute atomic E-state index is 0.00904. The summed E-state index contributed by atoms with van der Waals surface area (Å²) < 4.78 is 24.0. The van der Waals surface area contributed by atoms with Crippen LogP contribution in [0.25, 0.3) is 0 Å². The summed E-state index contributed by atoms with van der Waals surface area (Å²) in [6.07, 6.45) is 11.2. The van der Waals surface area contributed by atoms with Crippen LogP contribution in [0.1, 0.15) is 54.9 Å². The van der Waals surface area contributed by atoms with Crippen molar-refractivity contribution in [3.05, 3.63) is 69.7 Å². The van der Waals surface area contributed by atoms with Crippen LogP contribution in [-0.2, 0) is 28.5 Å². The zero-order chi connectivity index (χ0) is 21.3. The zero-order valence-electron chi connectivity index (χ0n) is 17.0. The molecule has 0 unspecified atom stereocenters. The molecule has 2 N–H and O–H groups in total. The van der Waals surface area contributed by atoms with Gasteiger partial charge in [0, 0.05) is 17.5 Å². The molecule has 30 heavy (non-hydrogen) atoms. The van der Waals surface area contributed by atoms with Crippen LogP contribution >= 0.6 is 11.3 Å². The number of hydrogen-bond acceptors (Lipinski definition) is 5. The summed E-state index contributed by atoms with van der Waals surface area (Å²) >= 11 is 1.56. The Morgan fingerprint density at radius 1 is 1.23 bits per heavy atom. The number of allylic oxidation sites excluding steroid dienone is 4. The van der Waals surface area contributed by atoms with Gasteiger partial charge in [0.25, 0.3) is 0 Å². The van der Waals surface area contributed by atoms with E-state index in [2.05, 4.69) is 40.2 Å². The number of thiol groups is 1. The first-order valence-electron chi connectivity index (χ1n) is 10.1. The van der Waals surface area contributed by atoms with Gasteiger partial charge in [-0.2, -0.15) is 0 Å². The smallest absolute Gasteiger partial charge is 0.222 e. The monoisotopic (exact) mass is 445 g/mol. The van der Waals surface area contributed by atoms with Crippen LogP contribution in [0.4, 0.5) is 5.69 Å². The molecule has 0 saturated heterocycles. The van der Waals surface area contributed by atoms with Crippen LogP contribution in [0.3, 0.4) is 0 Å². The highest BCUT2D eigenvalue weighted by Gasteiger charge is 2.19. The molecule has 2 aromatic rings. The fourth-order valence-corrected chi connectivity index (χ4v) is 4.59. The van der Waals surface area contributed by atoms with Crippen LogP contribution in [0.15, 0.2) is 53.4 Å². The van der Waals surface area contributed by atoms with E-state index in [0.717, 1.165) is 41.9 Å². The summed E-state index contributed by atoms with van der Waals surface area (Å²) in [5.74, 6) is 0.00904. The number of carbonyl (C=O) groups is 1. The molecule has 0 fully saturated rings. The van der Waals surface area contributed by atoms with Gasteiger partial charge in [0.05, 0.1) is 11.7 Å². The van der Waals surface area contributed by atoms with Crippen LogP contribution in [0.2, 0.25) is 0 Å². The Labute approximate surface area is 183 Å². The summed E-state index contributed by atoms with van der Waals surface area (Å²) in [6, 6.07) is 6.97. The number of rotatable bonds is 10. The molecule has 8 heteroatoms. The highest BCUT2D eigenvalue weighted by molar-refractivity contribution is 7.73. The van der Waals surface area contributed by atoms with E-state index < -0.39 is 10.9 Å². The highest BCUT2D eigenvalue weighted by Crippen LogP contribution is 2.24. The van der Waals surface area contributed by atoms with Gasteiger partial charge in [0.15, 0.2) is 0 Å². The van der Waals surface area contributed by atoms with E-state index in [4.69, 9.17) is 0 Å². The standard InChI is InChI=1S/C22H27N3O3S2/c1-2-18-15-29-22(23-18)20(14-17-8-11-19(12-9-17)25-30(27)28)24-21(26)13-10-16-6-4-3-5-7-16/h4,6-9,11-12,15,20,30H,2-3,5,10,13-14H2,1H3,(H,24,26)(H,25,27,28)/t20-/m0/s1. The molecule has 0 spiro atoms. The minimum atomic E-state index is -2.68. The molecule has 0 bridgehead atoms. The Morgan fingerprint density at radius 2 is 2.03 bits per heavy atom. The number of hydrogen-bond donors (Lipinski definition) is 3. The van der Waals surface area contributed by atoms with Gasteiger partial charge in [0.1, 0.15) is 5.01 Å². The van der Waals surface area contributed by atoms with Gasteiger partial charge in [-0.1, -0.05) is 42.9 Å². The Hall–Kier alpha value is -2.45. The van der Waals surface area contributed by atoms with Crippen LogP contribution in [0.5, 0.6) is 0 Å². The first kappa shape index (κ1) is 22.2. The van der Waals surface area contributed by atoms with E-state index in [9.17, 15) is 13.2 Å². The van der Waals surface area contributed by atoms with E-state index >= 15 is 0 Å². The Morgan fingerprint density at radius 3 is 2.67 bits per heavy atom. The van der Waals surface area contributed by atoms with Crippen LogP contribution in [-0.4, -0.2) is 19.3 Å². The number of anilines is 1. The summed E-state index contributed by atoms with van der Waals surface area (Å²) in [5.41, 5.74) is 3.76. The van der Waals surface area contributed by atoms with E-state index in [1.54, 1.807) is 23.5 Å². The Balaban J connectivity index is 1.67. The van der Waals surface area contributed by atoms with Crippen molar-refractivity contribution in [1.82, 2.24) is 10.3 Å². The second-order valence-electron chi connectivity index (χ2n) is 7.18. The maximum absolute atomic E-state index is 12.6. The average Bonchev–Trinajstić information content (AvgIpc) is 3.23. The highest BCUT2D eigenvalue weighted by atomic mass is 32.2. The lowest BCUT2D eigenvalue weighted by Crippen LogP contribution is -2.29. The average molecular weight is 446 g/mol. The molecule has 0 aliphatic heterocycles. The van der Waals surface area contributed by atoms with Crippen molar-refractivity contribution in [3.63, 3.8) is 0 Å². The van der Waals surface area contributed by atoms with Crippen molar-refractivity contribution in [1.29, 1.82) is 0 Å². The molecule has 1 aromatic carbocycles. The molecule has 1 aliphatic rings. The van der Waals surface area contributed by atoms with E-state index in [1.165, 1.54) is 5.57 Å². The first-order chi connectivity index (χ1) is 14.5. The molecule has 6 nitrogen and oxygen atoms in total. The molecule has 1 atom stereocenters. The molecular formula is C22H27N3O3S2. The summed E-state index contributed by atoms with van der Waals surface area (Å²) in [4.78, 5) is 17.3. The lowest BCUT2D eigenvalue weighted by atomic mass is 10.0. The molecule has 0 saturated carbocycles. The maximum atomic E-state index is 12.6. The van der Waals surface area contributed by atoms with Gasteiger partial charge in [-0.3, -0.25) is 9.52 Å². The third-order valence-corrected chi connectivity index (χ3v) is 6.34. The number of carbonyl (C=O) groups excluding carboxylic acids is 1. The van der Waals surface area contributed by atoms with Crippen molar-refractivity contribution in [2.75, 3.05) is 4.72 Å². The van der Waals surface area contributed by atoms with Crippen molar-refractivity contribution < 1.29 is 13.2 Å². The number of amides is 1. The fraction of sp³-hybridized carbons (Fsp3) is 0.364. The van der Waals surface area contributed by atoms with Gasteiger partial charge in [-0.15, -0.1) is 11.3 Å². The summed E-state index contributed by atoms with van der Waals surface area (Å²) in [6.45, 7) is 2.06. The van der Waals surface area contributed by atoms with Crippen molar-refractivity contribution in [2.45, 2.75) is 51.5 Å². The lowest BCUT2D eigenvalue weighted by Gasteiger charge is -2.17. The first-order valence-corrected chi connectivity index (χ1v) is 12.2. The van der Waals surface area contributed by atoms with Crippen LogP contribution < -0.4 is 10.0 Å². The van der Waals surface area contributed by atoms with Gasteiger partial charge >= 0.3 is 0 Å². The molecule has 0 radical (unpaired) electrons. The van der Waals surface area contributed by atoms with Gasteiger partial charge in [-0.25, -0.2) is 13.4 Å². The van der Waals surface area contributed by atoms with Gasteiger partial charge in [-0.05, 0) is 49.8 Å². The second-order valence-corrected chi connectivity index (χ2v) is 8.81. The predicted octanol–water partition coefficient (Wildman–Crippen LogP) is 4.10. The minimum Gasteiger partial charge on any atom is -0.347 e.